The Morgan fingerprint density at radius 1 is 1.80 bits per heavy atom. The maximum absolute atomic E-state index is 10.1. The van der Waals surface area contributed by atoms with E-state index in [1.165, 1.54) is 5.12 Å². The molecular weight excluding hydrogens is 156 g/mol. The standard InChI is InChI=1S/C3H6N4O2S/c8-2(9)1-7-5-3(10)4-6-7/h6H,1H2,(H,8,9)(H2,4,5,10). The molecule has 0 atom stereocenters. The Kier molecular flexibility index (Phi) is 2.00. The molecule has 0 unspecified atom stereocenters. The van der Waals surface area contributed by atoms with Crippen molar-refractivity contribution in [1.29, 1.82) is 0 Å². The molecule has 1 fully saturated rings. The predicted molar refractivity (Wildman–Crippen MR) is 36.3 cm³/mol. The van der Waals surface area contributed by atoms with Crippen molar-refractivity contribution >= 4 is 23.3 Å². The Labute approximate surface area is 62.1 Å². The number of hydrogen-bond acceptors (Lipinski definition) is 4. The first kappa shape index (κ1) is 7.19. The maximum atomic E-state index is 10.1. The van der Waals surface area contributed by atoms with E-state index in [4.69, 9.17) is 5.11 Å². The first-order valence-electron chi connectivity index (χ1n) is 2.50. The highest BCUT2D eigenvalue weighted by atomic mass is 32.1. The van der Waals surface area contributed by atoms with E-state index in [-0.39, 0.29) is 6.54 Å². The largest absolute Gasteiger partial charge is 0.480 e. The van der Waals surface area contributed by atoms with Crippen LogP contribution >= 0.6 is 12.2 Å². The number of hydrogen-bond donors (Lipinski definition) is 4. The van der Waals surface area contributed by atoms with Gasteiger partial charge in [0.25, 0.3) is 0 Å². The molecule has 0 aliphatic carbocycles. The fraction of sp³-hybridized carbons (Fsp3) is 0.333. The highest BCUT2D eigenvalue weighted by molar-refractivity contribution is 7.80. The van der Waals surface area contributed by atoms with E-state index < -0.39 is 5.97 Å². The van der Waals surface area contributed by atoms with Gasteiger partial charge in [-0.3, -0.25) is 15.6 Å². The van der Waals surface area contributed by atoms with Gasteiger partial charge in [-0.25, -0.2) is 0 Å². The topological polar surface area (TPSA) is 76.6 Å². The maximum Gasteiger partial charge on any atom is 0.321 e. The number of hydrazine groups is 3. The molecule has 6 nitrogen and oxygen atoms in total. The van der Waals surface area contributed by atoms with Crippen molar-refractivity contribution in [2.75, 3.05) is 6.54 Å². The average Bonchev–Trinajstić information content (AvgIpc) is 2.13. The zero-order valence-corrected chi connectivity index (χ0v) is 5.73. The van der Waals surface area contributed by atoms with Crippen molar-refractivity contribution in [2.45, 2.75) is 0 Å². The lowest BCUT2D eigenvalue weighted by molar-refractivity contribution is -0.139. The molecule has 1 saturated heterocycles. The molecule has 1 aliphatic heterocycles. The number of nitrogens with zero attached hydrogens (tertiary/aromatic N) is 1. The second kappa shape index (κ2) is 2.78. The van der Waals surface area contributed by atoms with E-state index in [1.54, 1.807) is 0 Å². The molecule has 4 N–H and O–H groups in total. The predicted octanol–water partition coefficient (Wildman–Crippen LogP) is -1.81. The summed E-state index contributed by atoms with van der Waals surface area (Å²) >= 11 is 4.63. The molecule has 0 radical (unpaired) electrons. The van der Waals surface area contributed by atoms with Crippen molar-refractivity contribution in [3.05, 3.63) is 0 Å². The van der Waals surface area contributed by atoms with Crippen LogP contribution in [0.4, 0.5) is 0 Å². The summed E-state index contributed by atoms with van der Waals surface area (Å²) in [6, 6.07) is 0. The van der Waals surface area contributed by atoms with Crippen LogP contribution in [0.5, 0.6) is 0 Å². The van der Waals surface area contributed by atoms with Crippen LogP contribution < -0.4 is 16.4 Å². The van der Waals surface area contributed by atoms with Gasteiger partial charge in [0.2, 0.25) is 0 Å². The summed E-state index contributed by atoms with van der Waals surface area (Å²) in [7, 11) is 0. The van der Waals surface area contributed by atoms with E-state index >= 15 is 0 Å². The number of carboxylic acid groups (broad SMARTS) is 1. The SMILES string of the molecule is O=C(O)CN1NNC(=S)N1. The molecule has 0 aromatic rings. The fourth-order valence-electron chi connectivity index (χ4n) is 0.511. The van der Waals surface area contributed by atoms with Gasteiger partial charge >= 0.3 is 5.97 Å². The van der Waals surface area contributed by atoms with Crippen molar-refractivity contribution in [2.24, 2.45) is 0 Å². The molecule has 0 spiro atoms. The summed E-state index contributed by atoms with van der Waals surface area (Å²) in [5.74, 6) is -0.938. The van der Waals surface area contributed by atoms with Crippen molar-refractivity contribution in [3.63, 3.8) is 0 Å². The normalized spacial score (nSPS) is 18.2. The molecule has 56 valence electrons. The van der Waals surface area contributed by atoms with E-state index in [1.807, 2.05) is 0 Å². The lowest BCUT2D eigenvalue weighted by atomic mass is 10.7. The van der Waals surface area contributed by atoms with Gasteiger partial charge in [0.1, 0.15) is 6.54 Å². The molecule has 0 bridgehead atoms. The van der Waals surface area contributed by atoms with Gasteiger partial charge in [-0.05, 0) is 12.2 Å². The van der Waals surface area contributed by atoms with Crippen LogP contribution in [0.2, 0.25) is 0 Å². The molecule has 1 heterocycles. The van der Waals surface area contributed by atoms with Crippen LogP contribution in [-0.2, 0) is 4.79 Å². The number of rotatable bonds is 2. The summed E-state index contributed by atoms with van der Waals surface area (Å²) in [4.78, 5) is 10.1. The first-order valence-corrected chi connectivity index (χ1v) is 2.91. The van der Waals surface area contributed by atoms with Crippen molar-refractivity contribution < 1.29 is 9.90 Å². The molecule has 0 aromatic heterocycles. The van der Waals surface area contributed by atoms with Gasteiger partial charge in [0.05, 0.1) is 0 Å². The Hall–Kier alpha value is -0.920. The second-order valence-electron chi connectivity index (χ2n) is 1.66. The lowest BCUT2D eigenvalue weighted by Crippen LogP contribution is -2.43. The van der Waals surface area contributed by atoms with E-state index in [0.717, 1.165) is 0 Å². The second-order valence-corrected chi connectivity index (χ2v) is 2.07. The summed E-state index contributed by atoms with van der Waals surface area (Å²) in [6.45, 7) is -0.160. The highest BCUT2D eigenvalue weighted by Crippen LogP contribution is 1.80. The number of aliphatic carboxylic acids is 1. The smallest absolute Gasteiger partial charge is 0.321 e. The summed E-state index contributed by atoms with van der Waals surface area (Å²) in [6.07, 6.45) is 0. The van der Waals surface area contributed by atoms with E-state index in [9.17, 15) is 4.79 Å². The Morgan fingerprint density at radius 2 is 2.50 bits per heavy atom. The number of carboxylic acids is 1. The zero-order valence-electron chi connectivity index (χ0n) is 4.92. The lowest BCUT2D eigenvalue weighted by Gasteiger charge is -2.08. The Morgan fingerprint density at radius 3 is 2.90 bits per heavy atom. The molecule has 0 saturated carbocycles. The average molecular weight is 162 g/mol. The van der Waals surface area contributed by atoms with Gasteiger partial charge in [0, 0.05) is 0 Å². The van der Waals surface area contributed by atoms with Crippen molar-refractivity contribution in [1.82, 2.24) is 21.5 Å². The Balaban J connectivity index is 2.31. The zero-order chi connectivity index (χ0) is 7.56. The highest BCUT2D eigenvalue weighted by Gasteiger charge is 2.15. The van der Waals surface area contributed by atoms with Gasteiger partial charge in [-0.2, -0.15) is 0 Å². The number of carbonyl (C=O) groups is 1. The van der Waals surface area contributed by atoms with Gasteiger partial charge in [-0.15, -0.1) is 10.7 Å². The molecule has 10 heavy (non-hydrogen) atoms. The fourth-order valence-corrected chi connectivity index (χ4v) is 0.667. The quantitative estimate of drug-likeness (QED) is 0.356. The third-order valence-corrected chi connectivity index (χ3v) is 1.03. The summed E-state index contributed by atoms with van der Waals surface area (Å²) < 4.78 is 0. The van der Waals surface area contributed by atoms with Crippen LogP contribution in [0.1, 0.15) is 0 Å². The van der Waals surface area contributed by atoms with Gasteiger partial charge in [-0.1, -0.05) is 0 Å². The number of nitrogens with one attached hydrogen (secondary N) is 3. The third-order valence-electron chi connectivity index (χ3n) is 0.834. The molecule has 0 amide bonds. The van der Waals surface area contributed by atoms with E-state index in [2.05, 4.69) is 28.6 Å². The molecule has 0 aromatic carbocycles. The van der Waals surface area contributed by atoms with Crippen LogP contribution in [0.15, 0.2) is 0 Å². The molecule has 7 heteroatoms. The monoisotopic (exact) mass is 162 g/mol. The summed E-state index contributed by atoms with van der Waals surface area (Å²) in [5, 5.41) is 9.86. The molecule has 1 rings (SSSR count). The minimum Gasteiger partial charge on any atom is -0.480 e. The van der Waals surface area contributed by atoms with Crippen molar-refractivity contribution in [3.8, 4) is 0 Å². The third kappa shape index (κ3) is 1.79. The first-order chi connectivity index (χ1) is 4.68. The molecular formula is C3H6N4O2S. The van der Waals surface area contributed by atoms with Crippen LogP contribution in [0, 0.1) is 0 Å². The molecule has 1 aliphatic rings. The minimum atomic E-state index is -0.938. The van der Waals surface area contributed by atoms with Crippen LogP contribution in [-0.4, -0.2) is 27.9 Å². The Bertz CT molecular complexity index is 172. The minimum absolute atomic E-state index is 0.160. The van der Waals surface area contributed by atoms with Gasteiger partial charge < -0.3 is 5.11 Å². The van der Waals surface area contributed by atoms with E-state index in [0.29, 0.717) is 5.11 Å². The summed E-state index contributed by atoms with van der Waals surface area (Å²) in [5.41, 5.74) is 7.54. The van der Waals surface area contributed by atoms with Crippen LogP contribution in [0.3, 0.4) is 0 Å². The van der Waals surface area contributed by atoms with Crippen LogP contribution in [0.25, 0.3) is 0 Å². The van der Waals surface area contributed by atoms with Gasteiger partial charge in [0.15, 0.2) is 5.11 Å². The number of thiocarbonyl (C=S) groups is 1.